The van der Waals surface area contributed by atoms with Gasteiger partial charge in [-0.05, 0) is 51.4 Å². The summed E-state index contributed by atoms with van der Waals surface area (Å²) in [6.45, 7) is 3.52. The first kappa shape index (κ1) is 24.2. The number of aromatic nitrogens is 1. The number of carbonyl (C=O) groups excluding carboxylic acids is 1. The van der Waals surface area contributed by atoms with Crippen LogP contribution >= 0.6 is 51.4 Å². The standard InChI is InChI=1S/C21H24BrN3OS2.ClH/c1-15-4-7-17(8-5-15)27-13-10-20(26)25(12-11-24(2)3)21-23-18-9-6-16(22)14-19(18)28-21;/h4-9,14H,10-13H2,1-3H3;1H. The van der Waals surface area contributed by atoms with Crippen molar-refractivity contribution in [2.75, 3.05) is 37.8 Å². The van der Waals surface area contributed by atoms with Crippen molar-refractivity contribution in [3.63, 3.8) is 0 Å². The highest BCUT2D eigenvalue weighted by Gasteiger charge is 2.19. The number of hydrogen-bond donors (Lipinski definition) is 0. The van der Waals surface area contributed by atoms with Gasteiger partial charge in [0, 0.05) is 34.6 Å². The van der Waals surface area contributed by atoms with Gasteiger partial charge in [-0.25, -0.2) is 4.98 Å². The monoisotopic (exact) mass is 513 g/mol. The molecular formula is C21H25BrClN3OS2. The molecule has 1 heterocycles. The van der Waals surface area contributed by atoms with Crippen LogP contribution in [0.2, 0.25) is 0 Å². The molecule has 0 fully saturated rings. The lowest BCUT2D eigenvalue weighted by atomic mass is 10.2. The van der Waals surface area contributed by atoms with Gasteiger partial charge in [0.15, 0.2) is 5.13 Å². The number of anilines is 1. The molecule has 0 aliphatic rings. The topological polar surface area (TPSA) is 36.4 Å². The first-order chi connectivity index (χ1) is 13.4. The predicted molar refractivity (Wildman–Crippen MR) is 132 cm³/mol. The van der Waals surface area contributed by atoms with Gasteiger partial charge in [-0.3, -0.25) is 9.69 Å². The van der Waals surface area contributed by atoms with Gasteiger partial charge in [0.25, 0.3) is 0 Å². The van der Waals surface area contributed by atoms with E-state index in [-0.39, 0.29) is 18.3 Å². The molecule has 4 nitrogen and oxygen atoms in total. The van der Waals surface area contributed by atoms with Crippen LogP contribution in [0.15, 0.2) is 51.8 Å². The molecule has 2 aromatic carbocycles. The molecule has 156 valence electrons. The van der Waals surface area contributed by atoms with Crippen LogP contribution in [-0.4, -0.2) is 48.7 Å². The molecule has 0 bridgehead atoms. The van der Waals surface area contributed by atoms with Crippen molar-refractivity contribution in [3.05, 3.63) is 52.5 Å². The maximum Gasteiger partial charge on any atom is 0.229 e. The van der Waals surface area contributed by atoms with Crippen molar-refractivity contribution < 1.29 is 4.79 Å². The van der Waals surface area contributed by atoms with Gasteiger partial charge in [0.2, 0.25) is 5.91 Å². The zero-order valence-electron chi connectivity index (χ0n) is 16.7. The van der Waals surface area contributed by atoms with E-state index >= 15 is 0 Å². The second kappa shape index (κ2) is 11.3. The summed E-state index contributed by atoms with van der Waals surface area (Å²) in [6.07, 6.45) is 0.492. The van der Waals surface area contributed by atoms with Crippen molar-refractivity contribution in [2.24, 2.45) is 0 Å². The number of likely N-dealkylation sites (N-methyl/N-ethyl adjacent to an activating group) is 1. The van der Waals surface area contributed by atoms with Crippen molar-refractivity contribution in [3.8, 4) is 0 Å². The van der Waals surface area contributed by atoms with E-state index in [1.54, 1.807) is 23.1 Å². The van der Waals surface area contributed by atoms with E-state index in [1.165, 1.54) is 10.5 Å². The van der Waals surface area contributed by atoms with E-state index in [1.807, 2.05) is 31.1 Å². The quantitative estimate of drug-likeness (QED) is 0.352. The Labute approximate surface area is 195 Å². The molecule has 0 saturated heterocycles. The zero-order chi connectivity index (χ0) is 20.1. The molecule has 0 aliphatic heterocycles. The number of benzene rings is 2. The van der Waals surface area contributed by atoms with Crippen LogP contribution in [0, 0.1) is 6.92 Å². The molecule has 0 saturated carbocycles. The Morgan fingerprint density at radius 3 is 2.55 bits per heavy atom. The van der Waals surface area contributed by atoms with E-state index in [2.05, 4.69) is 58.1 Å². The molecule has 29 heavy (non-hydrogen) atoms. The van der Waals surface area contributed by atoms with Crippen LogP contribution < -0.4 is 4.90 Å². The summed E-state index contributed by atoms with van der Waals surface area (Å²) in [5.41, 5.74) is 2.18. The average Bonchev–Trinajstić information content (AvgIpc) is 3.06. The fraction of sp³-hybridized carbons (Fsp3) is 0.333. The number of halogens is 2. The summed E-state index contributed by atoms with van der Waals surface area (Å²) >= 11 is 6.80. The number of fused-ring (bicyclic) bond motifs is 1. The number of aryl methyl sites for hydroxylation is 1. The Morgan fingerprint density at radius 1 is 1.14 bits per heavy atom. The van der Waals surface area contributed by atoms with E-state index in [0.717, 1.165) is 32.1 Å². The summed E-state index contributed by atoms with van der Waals surface area (Å²) in [7, 11) is 4.04. The molecule has 1 aromatic heterocycles. The number of nitrogens with zero attached hydrogens (tertiary/aromatic N) is 3. The van der Waals surface area contributed by atoms with Crippen molar-refractivity contribution >= 4 is 72.7 Å². The smallest absolute Gasteiger partial charge is 0.229 e. The van der Waals surface area contributed by atoms with Crippen LogP contribution in [0.3, 0.4) is 0 Å². The minimum Gasteiger partial charge on any atom is -0.308 e. The molecule has 0 radical (unpaired) electrons. The largest absolute Gasteiger partial charge is 0.308 e. The number of carbonyl (C=O) groups is 1. The molecule has 0 unspecified atom stereocenters. The summed E-state index contributed by atoms with van der Waals surface area (Å²) < 4.78 is 2.11. The van der Waals surface area contributed by atoms with Gasteiger partial charge in [-0.2, -0.15) is 0 Å². The molecule has 3 aromatic rings. The zero-order valence-corrected chi connectivity index (χ0v) is 20.8. The lowest BCUT2D eigenvalue weighted by molar-refractivity contribution is -0.118. The molecule has 0 atom stereocenters. The SMILES string of the molecule is Cc1ccc(SCCC(=O)N(CCN(C)C)c2nc3ccc(Br)cc3s2)cc1.Cl. The minimum atomic E-state index is 0. The number of hydrogen-bond acceptors (Lipinski definition) is 5. The van der Waals surface area contributed by atoms with Gasteiger partial charge in [-0.15, -0.1) is 24.2 Å². The van der Waals surface area contributed by atoms with E-state index in [4.69, 9.17) is 4.98 Å². The molecule has 8 heteroatoms. The third-order valence-corrected chi connectivity index (χ3v) is 6.80. The first-order valence-corrected chi connectivity index (χ1v) is 11.7. The molecular weight excluding hydrogens is 490 g/mol. The summed E-state index contributed by atoms with van der Waals surface area (Å²) in [4.78, 5) is 22.8. The van der Waals surface area contributed by atoms with E-state index in [0.29, 0.717) is 13.0 Å². The highest BCUT2D eigenvalue weighted by Crippen LogP contribution is 2.31. The number of thiazole rings is 1. The van der Waals surface area contributed by atoms with Crippen LogP contribution in [0.1, 0.15) is 12.0 Å². The Bertz CT molecular complexity index is 947. The van der Waals surface area contributed by atoms with Crippen LogP contribution in [0.5, 0.6) is 0 Å². The molecule has 3 rings (SSSR count). The van der Waals surface area contributed by atoms with Crippen molar-refractivity contribution in [1.82, 2.24) is 9.88 Å². The van der Waals surface area contributed by atoms with Crippen LogP contribution in [0.4, 0.5) is 5.13 Å². The van der Waals surface area contributed by atoms with E-state index in [9.17, 15) is 4.79 Å². The van der Waals surface area contributed by atoms with E-state index < -0.39 is 0 Å². The predicted octanol–water partition coefficient (Wildman–Crippen LogP) is 5.87. The van der Waals surface area contributed by atoms with Crippen LogP contribution in [0.25, 0.3) is 10.2 Å². The fourth-order valence-electron chi connectivity index (χ4n) is 2.65. The maximum absolute atomic E-state index is 13.0. The number of amides is 1. The maximum atomic E-state index is 13.0. The minimum absolute atomic E-state index is 0. The second-order valence-corrected chi connectivity index (χ2v) is 9.96. The fourth-order valence-corrected chi connectivity index (χ4v) is 5.06. The highest BCUT2D eigenvalue weighted by molar-refractivity contribution is 9.10. The third kappa shape index (κ3) is 6.96. The Hall–Kier alpha value is -1.12. The van der Waals surface area contributed by atoms with Gasteiger partial charge in [-0.1, -0.05) is 45.0 Å². The lowest BCUT2D eigenvalue weighted by Crippen LogP contribution is -2.36. The Kier molecular flexibility index (Phi) is 9.43. The third-order valence-electron chi connectivity index (χ3n) is 4.25. The normalized spacial score (nSPS) is 10.9. The second-order valence-electron chi connectivity index (χ2n) is 6.87. The van der Waals surface area contributed by atoms with Gasteiger partial charge >= 0.3 is 0 Å². The number of rotatable bonds is 8. The first-order valence-electron chi connectivity index (χ1n) is 9.13. The average molecular weight is 515 g/mol. The summed E-state index contributed by atoms with van der Waals surface area (Å²) in [6, 6.07) is 14.5. The highest BCUT2D eigenvalue weighted by atomic mass is 79.9. The molecule has 1 amide bonds. The molecule has 0 aliphatic carbocycles. The molecule has 0 spiro atoms. The number of thioether (sulfide) groups is 1. The van der Waals surface area contributed by atoms with Crippen molar-refractivity contribution in [1.29, 1.82) is 0 Å². The molecule has 0 N–H and O–H groups in total. The van der Waals surface area contributed by atoms with Crippen molar-refractivity contribution in [2.45, 2.75) is 18.2 Å². The van der Waals surface area contributed by atoms with Gasteiger partial charge < -0.3 is 4.90 Å². The summed E-state index contributed by atoms with van der Waals surface area (Å²) in [5.74, 6) is 0.885. The van der Waals surface area contributed by atoms with Crippen LogP contribution in [-0.2, 0) is 4.79 Å². The summed E-state index contributed by atoms with van der Waals surface area (Å²) in [5, 5.41) is 0.778. The Balaban J connectivity index is 0.00000300. The van der Waals surface area contributed by atoms with Gasteiger partial charge in [0.05, 0.1) is 10.2 Å². The Morgan fingerprint density at radius 2 is 1.86 bits per heavy atom. The lowest BCUT2D eigenvalue weighted by Gasteiger charge is -2.22. The van der Waals surface area contributed by atoms with Gasteiger partial charge in [0.1, 0.15) is 0 Å².